The number of likely N-dealkylation sites (tertiary alicyclic amines) is 1. The van der Waals surface area contributed by atoms with Crippen LogP contribution in [-0.4, -0.2) is 46.0 Å². The van der Waals surface area contributed by atoms with Crippen molar-refractivity contribution in [3.63, 3.8) is 0 Å². The average molecular weight is 368 g/mol. The number of para-hydroxylation sites is 1. The number of rotatable bonds is 3. The van der Waals surface area contributed by atoms with Gasteiger partial charge in [0, 0.05) is 30.4 Å². The third-order valence-corrected chi connectivity index (χ3v) is 6.03. The number of nitrogens with one attached hydrogen (secondary N) is 2. The van der Waals surface area contributed by atoms with Crippen molar-refractivity contribution in [1.29, 1.82) is 0 Å². The monoisotopic (exact) mass is 368 g/mol. The van der Waals surface area contributed by atoms with E-state index in [1.807, 2.05) is 29.2 Å². The summed E-state index contributed by atoms with van der Waals surface area (Å²) in [6.45, 7) is 1.23. The lowest BCUT2D eigenvalue weighted by Gasteiger charge is -2.31. The molecule has 1 saturated heterocycles. The van der Waals surface area contributed by atoms with E-state index < -0.39 is 0 Å². The Morgan fingerprint density at radius 1 is 1.00 bits per heavy atom. The minimum Gasteiger partial charge on any atom is -0.353 e. The molecule has 1 aromatic heterocycles. The van der Waals surface area contributed by atoms with Crippen LogP contribution in [0.4, 0.5) is 0 Å². The van der Waals surface area contributed by atoms with Crippen LogP contribution in [0.2, 0.25) is 0 Å². The van der Waals surface area contributed by atoms with Crippen LogP contribution in [0.3, 0.4) is 0 Å². The first kappa shape index (κ1) is 18.0. The van der Waals surface area contributed by atoms with Crippen molar-refractivity contribution in [2.24, 2.45) is 5.92 Å². The summed E-state index contributed by atoms with van der Waals surface area (Å²) < 4.78 is 0. The Hall–Kier alpha value is -2.37. The van der Waals surface area contributed by atoms with Gasteiger partial charge in [-0.3, -0.25) is 14.7 Å². The van der Waals surface area contributed by atoms with Gasteiger partial charge < -0.3 is 10.2 Å². The first-order chi connectivity index (χ1) is 13.2. The van der Waals surface area contributed by atoms with E-state index >= 15 is 0 Å². The van der Waals surface area contributed by atoms with Crippen molar-refractivity contribution < 1.29 is 9.59 Å². The molecule has 2 aliphatic rings. The summed E-state index contributed by atoms with van der Waals surface area (Å²) in [6.07, 6.45) is 8.68. The van der Waals surface area contributed by atoms with Crippen molar-refractivity contribution in [2.45, 2.75) is 57.4 Å². The summed E-state index contributed by atoms with van der Waals surface area (Å²) in [5.41, 5.74) is 1.35. The quantitative estimate of drug-likeness (QED) is 0.816. The fourth-order valence-electron chi connectivity index (χ4n) is 4.36. The molecular formula is C21H28N4O2. The summed E-state index contributed by atoms with van der Waals surface area (Å²) in [4.78, 5) is 27.3. The molecule has 2 heterocycles. The molecule has 1 aromatic carbocycles. The molecular weight excluding hydrogens is 340 g/mol. The Bertz CT molecular complexity index is 799. The number of H-pyrrole nitrogens is 1. The van der Waals surface area contributed by atoms with Gasteiger partial charge in [-0.05, 0) is 31.7 Å². The first-order valence-corrected chi connectivity index (χ1v) is 10.2. The number of hydrogen-bond donors (Lipinski definition) is 2. The number of carbonyl (C=O) groups excluding carboxylic acids is 2. The Kier molecular flexibility index (Phi) is 5.41. The van der Waals surface area contributed by atoms with Gasteiger partial charge in [-0.15, -0.1) is 0 Å². The highest BCUT2D eigenvalue weighted by molar-refractivity contribution is 6.04. The zero-order valence-corrected chi connectivity index (χ0v) is 15.7. The van der Waals surface area contributed by atoms with Crippen molar-refractivity contribution in [1.82, 2.24) is 20.4 Å². The molecule has 6 nitrogen and oxygen atoms in total. The zero-order chi connectivity index (χ0) is 18.6. The van der Waals surface area contributed by atoms with E-state index in [1.165, 1.54) is 25.7 Å². The first-order valence-electron chi connectivity index (χ1n) is 10.2. The lowest BCUT2D eigenvalue weighted by molar-refractivity contribution is -0.127. The van der Waals surface area contributed by atoms with Crippen LogP contribution < -0.4 is 5.32 Å². The summed E-state index contributed by atoms with van der Waals surface area (Å²) in [6, 6.07) is 8.02. The predicted molar refractivity (Wildman–Crippen MR) is 104 cm³/mol. The van der Waals surface area contributed by atoms with Crippen LogP contribution >= 0.6 is 0 Å². The van der Waals surface area contributed by atoms with E-state index in [0.717, 1.165) is 36.6 Å². The topological polar surface area (TPSA) is 78.1 Å². The highest BCUT2D eigenvalue weighted by Gasteiger charge is 2.30. The van der Waals surface area contributed by atoms with Crippen molar-refractivity contribution in [2.75, 3.05) is 13.1 Å². The fourth-order valence-corrected chi connectivity index (χ4v) is 4.36. The molecule has 1 saturated carbocycles. The van der Waals surface area contributed by atoms with Crippen LogP contribution in [0.15, 0.2) is 24.3 Å². The summed E-state index contributed by atoms with van der Waals surface area (Å²) in [5.74, 6) is 0.155. The number of hydrogen-bond acceptors (Lipinski definition) is 3. The zero-order valence-electron chi connectivity index (χ0n) is 15.7. The molecule has 0 spiro atoms. The number of piperidine rings is 1. The van der Waals surface area contributed by atoms with Gasteiger partial charge in [-0.25, -0.2) is 0 Å². The molecule has 1 aliphatic carbocycles. The minimum absolute atomic E-state index is 0.0215. The van der Waals surface area contributed by atoms with Crippen LogP contribution in [0.1, 0.15) is 61.9 Å². The number of fused-ring (bicyclic) bond motifs is 1. The highest BCUT2D eigenvalue weighted by atomic mass is 16.2. The lowest BCUT2D eigenvalue weighted by Crippen LogP contribution is -2.45. The molecule has 2 N–H and O–H groups in total. The molecule has 0 bridgehead atoms. The van der Waals surface area contributed by atoms with Gasteiger partial charge in [-0.2, -0.15) is 5.10 Å². The smallest absolute Gasteiger partial charge is 0.274 e. The van der Waals surface area contributed by atoms with Crippen LogP contribution in [0, 0.1) is 5.92 Å². The predicted octanol–water partition coefficient (Wildman–Crippen LogP) is 3.25. The second-order valence-corrected chi connectivity index (χ2v) is 7.88. The second-order valence-electron chi connectivity index (χ2n) is 7.88. The van der Waals surface area contributed by atoms with E-state index in [1.54, 1.807) is 0 Å². The average Bonchev–Trinajstić information content (AvgIpc) is 2.97. The van der Waals surface area contributed by atoms with Crippen molar-refractivity contribution >= 4 is 22.7 Å². The Balaban J connectivity index is 1.33. The Morgan fingerprint density at radius 2 is 1.70 bits per heavy atom. The maximum atomic E-state index is 12.8. The second kappa shape index (κ2) is 8.11. The molecule has 2 fully saturated rings. The molecule has 27 heavy (non-hydrogen) atoms. The number of carbonyl (C=O) groups is 2. The molecule has 2 amide bonds. The maximum absolute atomic E-state index is 12.8. The van der Waals surface area contributed by atoms with Crippen molar-refractivity contribution in [3.8, 4) is 0 Å². The van der Waals surface area contributed by atoms with Crippen LogP contribution in [0.5, 0.6) is 0 Å². The van der Waals surface area contributed by atoms with E-state index in [-0.39, 0.29) is 17.7 Å². The third kappa shape index (κ3) is 3.99. The molecule has 0 radical (unpaired) electrons. The number of benzene rings is 1. The Labute approximate surface area is 159 Å². The SMILES string of the molecule is O=C(NC1CCCCCC1)C1CCN(C(=O)c2n[nH]c3ccccc23)CC1. The largest absolute Gasteiger partial charge is 0.353 e. The molecule has 0 unspecified atom stereocenters. The number of aromatic amines is 1. The third-order valence-electron chi connectivity index (χ3n) is 6.03. The lowest BCUT2D eigenvalue weighted by atomic mass is 9.94. The minimum atomic E-state index is -0.0462. The standard InChI is InChI=1S/C21H28N4O2/c26-20(22-16-7-3-1-2-4-8-16)15-11-13-25(14-12-15)21(27)19-17-9-5-6-10-18(17)23-24-19/h5-6,9-10,15-16H,1-4,7-8,11-14H2,(H,22,26)(H,23,24). The van der Waals surface area contributed by atoms with Gasteiger partial charge >= 0.3 is 0 Å². The van der Waals surface area contributed by atoms with Crippen LogP contribution in [-0.2, 0) is 4.79 Å². The molecule has 144 valence electrons. The van der Waals surface area contributed by atoms with Gasteiger partial charge in [0.15, 0.2) is 5.69 Å². The maximum Gasteiger partial charge on any atom is 0.274 e. The molecule has 6 heteroatoms. The summed E-state index contributed by atoms with van der Waals surface area (Å²) in [7, 11) is 0. The van der Waals surface area contributed by atoms with Gasteiger partial charge in [0.2, 0.25) is 5.91 Å². The molecule has 0 atom stereocenters. The van der Waals surface area contributed by atoms with Crippen molar-refractivity contribution in [3.05, 3.63) is 30.0 Å². The van der Waals surface area contributed by atoms with Crippen LogP contribution in [0.25, 0.3) is 10.9 Å². The normalized spacial score (nSPS) is 19.8. The van der Waals surface area contributed by atoms with Gasteiger partial charge in [0.25, 0.3) is 5.91 Å². The van der Waals surface area contributed by atoms with E-state index in [2.05, 4.69) is 15.5 Å². The van der Waals surface area contributed by atoms with E-state index in [4.69, 9.17) is 0 Å². The molecule has 2 aromatic rings. The number of amides is 2. The molecule has 4 rings (SSSR count). The van der Waals surface area contributed by atoms with E-state index in [9.17, 15) is 9.59 Å². The van der Waals surface area contributed by atoms with Gasteiger partial charge in [0.1, 0.15) is 0 Å². The van der Waals surface area contributed by atoms with Gasteiger partial charge in [-0.1, -0.05) is 43.9 Å². The fraction of sp³-hybridized carbons (Fsp3) is 0.571. The summed E-state index contributed by atoms with van der Waals surface area (Å²) >= 11 is 0. The summed E-state index contributed by atoms with van der Waals surface area (Å²) in [5, 5.41) is 11.3. The van der Waals surface area contributed by atoms with E-state index in [0.29, 0.717) is 24.8 Å². The number of aromatic nitrogens is 2. The molecule has 1 aliphatic heterocycles. The number of nitrogens with zero attached hydrogens (tertiary/aromatic N) is 2. The van der Waals surface area contributed by atoms with Gasteiger partial charge in [0.05, 0.1) is 5.52 Å². The Morgan fingerprint density at radius 3 is 2.44 bits per heavy atom. The highest BCUT2D eigenvalue weighted by Crippen LogP contribution is 2.23.